The molecule has 0 atom stereocenters. The van der Waals surface area contributed by atoms with E-state index >= 15 is 0 Å². The number of benzene rings is 2. The van der Waals surface area contributed by atoms with Gasteiger partial charge in [-0.05, 0) is 18.2 Å². The van der Waals surface area contributed by atoms with E-state index in [9.17, 15) is 24.5 Å². The molecule has 1 amide bonds. The molecule has 2 aromatic carbocycles. The molecule has 4 rings (SSSR count). The van der Waals surface area contributed by atoms with Gasteiger partial charge in [-0.25, -0.2) is 4.79 Å². The maximum Gasteiger partial charge on any atom is 0.349 e. The second kappa shape index (κ2) is 9.85. The Bertz CT molecular complexity index is 1410. The molecule has 1 aliphatic rings. The lowest BCUT2D eigenvalue weighted by atomic mass is 10.2. The summed E-state index contributed by atoms with van der Waals surface area (Å²) in [5, 5.41) is 15.6. The molecule has 176 valence electrons. The number of carbonyl (C=O) groups is 1. The highest BCUT2D eigenvalue weighted by molar-refractivity contribution is 6.32. The summed E-state index contributed by atoms with van der Waals surface area (Å²) < 4.78 is 11.2. The van der Waals surface area contributed by atoms with Gasteiger partial charge in [0.05, 0.1) is 40.3 Å². The number of morpholine rings is 1. The van der Waals surface area contributed by atoms with Gasteiger partial charge in [0.1, 0.15) is 0 Å². The quantitative estimate of drug-likeness (QED) is 0.313. The van der Waals surface area contributed by atoms with Gasteiger partial charge in [-0.15, -0.1) is 4.68 Å². The SMILES string of the molecule is O=C(COc1c(Cl)cc(C=Nn2c(=O)[nH]c3ccccc3c2=O)cc1[N+](=O)[O-])N1CCOCC1. The zero-order chi connectivity index (χ0) is 24.2. The van der Waals surface area contributed by atoms with Crippen molar-refractivity contribution < 1.29 is 19.2 Å². The van der Waals surface area contributed by atoms with Crippen LogP contribution in [0.1, 0.15) is 5.56 Å². The third-order valence-corrected chi connectivity index (χ3v) is 5.33. The molecule has 13 heteroatoms. The summed E-state index contributed by atoms with van der Waals surface area (Å²) in [5.41, 5.74) is -1.43. The number of rotatable bonds is 6. The standard InChI is InChI=1S/C21H18ClN5O7/c22-15-9-13(11-23-26-20(29)14-3-1-2-4-16(14)24-21(26)30)10-17(27(31)32)19(15)34-12-18(28)25-5-7-33-8-6-25/h1-4,9-11H,5-8,12H2,(H,24,30). The molecular formula is C21H18ClN5O7. The van der Waals surface area contributed by atoms with Crippen LogP contribution < -0.4 is 16.0 Å². The fourth-order valence-corrected chi connectivity index (χ4v) is 3.65. The van der Waals surface area contributed by atoms with Gasteiger partial charge < -0.3 is 19.4 Å². The number of nitrogens with one attached hydrogen (secondary N) is 1. The summed E-state index contributed by atoms with van der Waals surface area (Å²) in [6.45, 7) is 1.19. The van der Waals surface area contributed by atoms with Gasteiger partial charge in [-0.2, -0.15) is 5.10 Å². The van der Waals surface area contributed by atoms with Crippen LogP contribution in [0.5, 0.6) is 5.75 Å². The molecule has 3 aromatic rings. The van der Waals surface area contributed by atoms with Crippen LogP contribution in [-0.4, -0.2) is 64.5 Å². The fraction of sp³-hybridized carbons (Fsp3) is 0.238. The van der Waals surface area contributed by atoms with E-state index in [1.54, 1.807) is 18.2 Å². The number of aromatic amines is 1. The van der Waals surface area contributed by atoms with Crippen LogP contribution in [0.15, 0.2) is 51.1 Å². The fourth-order valence-electron chi connectivity index (χ4n) is 3.37. The molecule has 1 N–H and O–H groups in total. The number of ether oxygens (including phenoxy) is 2. The van der Waals surface area contributed by atoms with Crippen molar-refractivity contribution in [3.05, 3.63) is 77.9 Å². The van der Waals surface area contributed by atoms with Crippen molar-refractivity contribution in [3.8, 4) is 5.75 Å². The smallest absolute Gasteiger partial charge is 0.349 e. The number of nitrogens with zero attached hydrogens (tertiary/aromatic N) is 4. The van der Waals surface area contributed by atoms with Gasteiger partial charge >= 0.3 is 11.4 Å². The first-order valence-electron chi connectivity index (χ1n) is 10.1. The molecule has 1 aromatic heterocycles. The summed E-state index contributed by atoms with van der Waals surface area (Å²) in [6, 6.07) is 8.85. The first-order valence-corrected chi connectivity index (χ1v) is 10.5. The summed E-state index contributed by atoms with van der Waals surface area (Å²) in [7, 11) is 0. The lowest BCUT2D eigenvalue weighted by Crippen LogP contribution is -2.43. The number of hydrogen-bond acceptors (Lipinski definition) is 8. The summed E-state index contributed by atoms with van der Waals surface area (Å²) >= 11 is 6.20. The Kier molecular flexibility index (Phi) is 6.70. The number of aromatic nitrogens is 2. The normalized spacial score (nSPS) is 14.0. The Balaban J connectivity index is 1.60. The van der Waals surface area contributed by atoms with E-state index in [1.807, 2.05) is 0 Å². The van der Waals surface area contributed by atoms with Gasteiger partial charge in [0, 0.05) is 24.7 Å². The van der Waals surface area contributed by atoms with Crippen LogP contribution in [0.4, 0.5) is 5.69 Å². The highest BCUT2D eigenvalue weighted by atomic mass is 35.5. The van der Waals surface area contributed by atoms with Gasteiger partial charge in [-0.3, -0.25) is 19.7 Å². The number of H-pyrrole nitrogens is 1. The predicted molar refractivity (Wildman–Crippen MR) is 123 cm³/mol. The first kappa shape index (κ1) is 23.1. The average Bonchev–Trinajstić information content (AvgIpc) is 2.83. The molecule has 0 saturated carbocycles. The predicted octanol–water partition coefficient (Wildman–Crippen LogP) is 1.37. The summed E-state index contributed by atoms with van der Waals surface area (Å²) in [5.74, 6) is -0.625. The van der Waals surface area contributed by atoms with Crippen molar-refractivity contribution in [2.75, 3.05) is 32.9 Å². The number of halogens is 1. The van der Waals surface area contributed by atoms with Crippen molar-refractivity contribution in [1.29, 1.82) is 0 Å². The van der Waals surface area contributed by atoms with Crippen LogP contribution >= 0.6 is 11.6 Å². The van der Waals surface area contributed by atoms with E-state index < -0.39 is 28.5 Å². The number of amides is 1. The highest BCUT2D eigenvalue weighted by Crippen LogP contribution is 2.36. The Morgan fingerprint density at radius 2 is 2.00 bits per heavy atom. The van der Waals surface area contributed by atoms with E-state index in [1.165, 1.54) is 17.0 Å². The zero-order valence-electron chi connectivity index (χ0n) is 17.6. The van der Waals surface area contributed by atoms with Crippen molar-refractivity contribution >= 4 is 40.3 Å². The van der Waals surface area contributed by atoms with Crippen LogP contribution in [-0.2, 0) is 9.53 Å². The third kappa shape index (κ3) is 4.82. The number of fused-ring (bicyclic) bond motifs is 1. The summed E-state index contributed by atoms with van der Waals surface area (Å²) in [4.78, 5) is 52.1. The van der Waals surface area contributed by atoms with Crippen molar-refractivity contribution in [2.24, 2.45) is 5.10 Å². The van der Waals surface area contributed by atoms with Crippen molar-refractivity contribution in [2.45, 2.75) is 0 Å². The Morgan fingerprint density at radius 3 is 2.74 bits per heavy atom. The average molecular weight is 488 g/mol. The molecule has 1 saturated heterocycles. The van der Waals surface area contributed by atoms with E-state index in [2.05, 4.69) is 10.1 Å². The Hall–Kier alpha value is -4.03. The topological polar surface area (TPSA) is 149 Å². The minimum atomic E-state index is -0.776. The Labute approximate surface area is 196 Å². The second-order valence-corrected chi connectivity index (χ2v) is 7.63. The maximum absolute atomic E-state index is 12.6. The van der Waals surface area contributed by atoms with Crippen molar-refractivity contribution in [3.63, 3.8) is 0 Å². The molecular weight excluding hydrogens is 470 g/mol. The summed E-state index contributed by atoms with van der Waals surface area (Å²) in [6.07, 6.45) is 1.09. The molecule has 0 bridgehead atoms. The first-order chi connectivity index (χ1) is 16.3. The van der Waals surface area contributed by atoms with Crippen molar-refractivity contribution in [1.82, 2.24) is 14.6 Å². The number of carbonyl (C=O) groups excluding carboxylic acids is 1. The van der Waals surface area contributed by atoms with Gasteiger partial charge in [-0.1, -0.05) is 23.7 Å². The third-order valence-electron chi connectivity index (χ3n) is 5.05. The zero-order valence-corrected chi connectivity index (χ0v) is 18.4. The monoisotopic (exact) mass is 487 g/mol. The van der Waals surface area contributed by atoms with Crippen LogP contribution in [0, 0.1) is 10.1 Å². The number of nitro groups is 1. The maximum atomic E-state index is 12.6. The molecule has 12 nitrogen and oxygen atoms in total. The minimum Gasteiger partial charge on any atom is -0.476 e. The number of nitro benzene ring substituents is 1. The van der Waals surface area contributed by atoms with E-state index in [0.29, 0.717) is 36.5 Å². The molecule has 0 unspecified atom stereocenters. The lowest BCUT2D eigenvalue weighted by molar-refractivity contribution is -0.385. The van der Waals surface area contributed by atoms with Crippen LogP contribution in [0.2, 0.25) is 5.02 Å². The minimum absolute atomic E-state index is 0.134. The van der Waals surface area contributed by atoms with Crippen LogP contribution in [0.3, 0.4) is 0 Å². The second-order valence-electron chi connectivity index (χ2n) is 7.23. The van der Waals surface area contributed by atoms with E-state index in [4.69, 9.17) is 21.1 Å². The molecule has 2 heterocycles. The molecule has 0 radical (unpaired) electrons. The van der Waals surface area contributed by atoms with E-state index in [0.717, 1.165) is 12.3 Å². The molecule has 1 aliphatic heterocycles. The molecule has 0 spiro atoms. The van der Waals surface area contributed by atoms with Gasteiger partial charge in [0.25, 0.3) is 11.5 Å². The number of hydrogen-bond donors (Lipinski definition) is 1. The lowest BCUT2D eigenvalue weighted by Gasteiger charge is -2.26. The van der Waals surface area contributed by atoms with E-state index in [-0.39, 0.29) is 27.6 Å². The largest absolute Gasteiger partial charge is 0.476 e. The van der Waals surface area contributed by atoms with Gasteiger partial charge in [0.2, 0.25) is 5.75 Å². The number of para-hydroxylation sites is 1. The molecule has 34 heavy (non-hydrogen) atoms. The Morgan fingerprint density at radius 1 is 1.26 bits per heavy atom. The van der Waals surface area contributed by atoms with Gasteiger partial charge in [0.15, 0.2) is 6.61 Å². The molecule has 0 aliphatic carbocycles. The van der Waals surface area contributed by atoms with Crippen LogP contribution in [0.25, 0.3) is 10.9 Å². The highest BCUT2D eigenvalue weighted by Gasteiger charge is 2.23. The molecule has 1 fully saturated rings.